The second-order valence-corrected chi connectivity index (χ2v) is 8.29. The molecule has 0 atom stereocenters. The summed E-state index contributed by atoms with van der Waals surface area (Å²) in [7, 11) is -2.53. The quantitative estimate of drug-likeness (QED) is 0.571. The SMILES string of the molecule is CSc1nc(C)c(C#N)c(Nc2ccc3c(c2)CS(O)(O)C3)n1. The molecule has 0 radical (unpaired) electrons. The Balaban J connectivity index is 1.95. The maximum atomic E-state index is 9.84. The van der Waals surface area contributed by atoms with Crippen molar-refractivity contribution in [2.45, 2.75) is 23.6 Å². The maximum Gasteiger partial charge on any atom is 0.189 e. The predicted molar refractivity (Wildman–Crippen MR) is 93.2 cm³/mol. The molecule has 1 aromatic heterocycles. The van der Waals surface area contributed by atoms with Crippen LogP contribution < -0.4 is 5.32 Å². The van der Waals surface area contributed by atoms with E-state index < -0.39 is 10.6 Å². The van der Waals surface area contributed by atoms with Gasteiger partial charge in [-0.3, -0.25) is 9.11 Å². The summed E-state index contributed by atoms with van der Waals surface area (Å²) in [4.78, 5) is 8.63. The van der Waals surface area contributed by atoms with Gasteiger partial charge >= 0.3 is 0 Å². The van der Waals surface area contributed by atoms with Gasteiger partial charge in [0.15, 0.2) is 11.0 Å². The fourth-order valence-corrected chi connectivity index (χ4v) is 4.59. The van der Waals surface area contributed by atoms with E-state index in [1.54, 1.807) is 6.92 Å². The minimum absolute atomic E-state index is 0.280. The summed E-state index contributed by atoms with van der Waals surface area (Å²) in [6.07, 6.45) is 1.88. The van der Waals surface area contributed by atoms with Crippen LogP contribution in [-0.2, 0) is 11.5 Å². The molecule has 8 heteroatoms. The number of thioether (sulfide) groups is 1. The molecule has 23 heavy (non-hydrogen) atoms. The van der Waals surface area contributed by atoms with E-state index in [2.05, 4.69) is 21.4 Å². The summed E-state index contributed by atoms with van der Waals surface area (Å²) in [5.41, 5.74) is 3.68. The number of fused-ring (bicyclic) bond motifs is 1. The van der Waals surface area contributed by atoms with Gasteiger partial charge in [-0.05, 0) is 36.4 Å². The Morgan fingerprint density at radius 1 is 1.26 bits per heavy atom. The fourth-order valence-electron chi connectivity index (χ4n) is 2.53. The number of benzene rings is 1. The smallest absolute Gasteiger partial charge is 0.189 e. The van der Waals surface area contributed by atoms with Crippen molar-refractivity contribution < 1.29 is 9.11 Å². The van der Waals surface area contributed by atoms with E-state index in [0.717, 1.165) is 16.8 Å². The van der Waals surface area contributed by atoms with Crippen LogP contribution in [0, 0.1) is 18.3 Å². The Kier molecular flexibility index (Phi) is 4.21. The van der Waals surface area contributed by atoms with Crippen molar-refractivity contribution in [1.82, 2.24) is 9.97 Å². The lowest BCUT2D eigenvalue weighted by atomic mass is 10.1. The van der Waals surface area contributed by atoms with Gasteiger partial charge in [0.25, 0.3) is 0 Å². The molecule has 0 aliphatic carbocycles. The van der Waals surface area contributed by atoms with Gasteiger partial charge in [0.05, 0.1) is 17.2 Å². The first-order valence-electron chi connectivity index (χ1n) is 6.87. The molecule has 0 saturated heterocycles. The highest BCUT2D eigenvalue weighted by atomic mass is 32.3. The number of nitrogens with zero attached hydrogens (tertiary/aromatic N) is 3. The Bertz CT molecular complexity index is 818. The molecule has 3 N–H and O–H groups in total. The lowest BCUT2D eigenvalue weighted by Gasteiger charge is -2.25. The molecule has 0 saturated carbocycles. The van der Waals surface area contributed by atoms with Crippen molar-refractivity contribution in [2.75, 3.05) is 11.6 Å². The largest absolute Gasteiger partial charge is 0.339 e. The van der Waals surface area contributed by atoms with E-state index in [9.17, 15) is 14.4 Å². The van der Waals surface area contributed by atoms with Gasteiger partial charge < -0.3 is 5.32 Å². The van der Waals surface area contributed by atoms with Crippen LogP contribution in [0.2, 0.25) is 0 Å². The Morgan fingerprint density at radius 2 is 2.00 bits per heavy atom. The topological polar surface area (TPSA) is 102 Å². The normalized spacial score (nSPS) is 16.5. The van der Waals surface area contributed by atoms with Gasteiger partial charge in [-0.2, -0.15) is 15.9 Å². The van der Waals surface area contributed by atoms with Gasteiger partial charge in [-0.15, -0.1) is 0 Å². The molecular formula is C15H16N4O2S2. The molecule has 0 unspecified atom stereocenters. The van der Waals surface area contributed by atoms with E-state index in [0.29, 0.717) is 28.0 Å². The number of anilines is 2. The van der Waals surface area contributed by atoms with Crippen molar-refractivity contribution in [3.63, 3.8) is 0 Å². The van der Waals surface area contributed by atoms with Crippen LogP contribution >= 0.6 is 22.4 Å². The van der Waals surface area contributed by atoms with E-state index in [-0.39, 0.29) is 5.75 Å². The number of aromatic nitrogens is 2. The molecule has 0 bridgehead atoms. The van der Waals surface area contributed by atoms with E-state index in [1.807, 2.05) is 24.5 Å². The minimum Gasteiger partial charge on any atom is -0.339 e. The average Bonchev–Trinajstić information content (AvgIpc) is 2.80. The molecule has 0 fully saturated rings. The Hall–Kier alpha value is -1.79. The molecule has 1 aromatic carbocycles. The van der Waals surface area contributed by atoms with Crippen LogP contribution in [0.5, 0.6) is 0 Å². The lowest BCUT2D eigenvalue weighted by molar-refractivity contribution is 0.489. The summed E-state index contributed by atoms with van der Waals surface area (Å²) < 4.78 is 19.7. The maximum absolute atomic E-state index is 9.84. The van der Waals surface area contributed by atoms with Gasteiger partial charge in [0, 0.05) is 5.69 Å². The van der Waals surface area contributed by atoms with E-state index >= 15 is 0 Å². The second kappa shape index (κ2) is 6.02. The molecular weight excluding hydrogens is 332 g/mol. The number of rotatable bonds is 3. The Labute approximate surface area is 140 Å². The van der Waals surface area contributed by atoms with Crippen LogP contribution in [0.4, 0.5) is 11.5 Å². The number of hydrogen-bond acceptors (Lipinski definition) is 7. The Morgan fingerprint density at radius 3 is 2.70 bits per heavy atom. The first kappa shape index (κ1) is 16.1. The van der Waals surface area contributed by atoms with E-state index in [1.165, 1.54) is 11.8 Å². The lowest BCUT2D eigenvalue weighted by Crippen LogP contribution is -2.03. The van der Waals surface area contributed by atoms with Crippen LogP contribution in [0.3, 0.4) is 0 Å². The van der Waals surface area contributed by atoms with Crippen molar-refractivity contribution in [3.8, 4) is 6.07 Å². The number of nitriles is 1. The molecule has 2 heterocycles. The highest BCUT2D eigenvalue weighted by molar-refractivity contribution is 8.23. The van der Waals surface area contributed by atoms with Gasteiger partial charge in [0.1, 0.15) is 11.6 Å². The molecule has 6 nitrogen and oxygen atoms in total. The molecule has 120 valence electrons. The minimum atomic E-state index is -2.53. The molecule has 0 amide bonds. The van der Waals surface area contributed by atoms with Gasteiger partial charge in [-0.1, -0.05) is 17.8 Å². The standard InChI is InChI=1S/C15H16N4O2S2/c1-9-13(6-16)14(19-15(17-9)22-2)18-12-4-3-10-7-23(20,21)8-11(10)5-12/h3-5,20-21H,7-8H2,1-2H3,(H,17,18,19). The van der Waals surface area contributed by atoms with Crippen LogP contribution in [-0.4, -0.2) is 25.3 Å². The molecule has 1 aliphatic heterocycles. The number of hydrogen-bond donors (Lipinski definition) is 3. The first-order chi connectivity index (χ1) is 10.9. The van der Waals surface area contributed by atoms with Gasteiger partial charge in [0.2, 0.25) is 0 Å². The van der Waals surface area contributed by atoms with Crippen LogP contribution in [0.25, 0.3) is 0 Å². The predicted octanol–water partition coefficient (Wildman–Crippen LogP) is 3.89. The van der Waals surface area contributed by atoms with Gasteiger partial charge in [-0.25, -0.2) is 9.97 Å². The van der Waals surface area contributed by atoms with Crippen LogP contribution in [0.15, 0.2) is 23.4 Å². The summed E-state index contributed by atoms with van der Waals surface area (Å²) in [5, 5.41) is 13.1. The number of nitrogens with one attached hydrogen (secondary N) is 1. The summed E-state index contributed by atoms with van der Waals surface area (Å²) in [6, 6.07) is 7.75. The molecule has 2 aromatic rings. The number of aryl methyl sites for hydroxylation is 1. The highest BCUT2D eigenvalue weighted by Gasteiger charge is 2.25. The third kappa shape index (κ3) is 3.28. The summed E-state index contributed by atoms with van der Waals surface area (Å²) >= 11 is 1.41. The van der Waals surface area contributed by atoms with Crippen molar-refractivity contribution in [2.24, 2.45) is 0 Å². The van der Waals surface area contributed by atoms with Crippen molar-refractivity contribution in [3.05, 3.63) is 40.6 Å². The summed E-state index contributed by atoms with van der Waals surface area (Å²) in [6.45, 7) is 1.78. The average molecular weight is 348 g/mol. The second-order valence-electron chi connectivity index (χ2n) is 5.33. The van der Waals surface area contributed by atoms with Crippen molar-refractivity contribution in [1.29, 1.82) is 5.26 Å². The third-order valence-corrected chi connectivity index (χ3v) is 5.70. The molecule has 3 rings (SSSR count). The monoisotopic (exact) mass is 348 g/mol. The third-order valence-electron chi connectivity index (χ3n) is 3.61. The zero-order valence-corrected chi connectivity index (χ0v) is 14.3. The molecule has 0 spiro atoms. The van der Waals surface area contributed by atoms with Crippen molar-refractivity contribution >= 4 is 33.9 Å². The zero-order valence-electron chi connectivity index (χ0n) is 12.7. The fraction of sp³-hybridized carbons (Fsp3) is 0.267. The van der Waals surface area contributed by atoms with E-state index in [4.69, 9.17) is 0 Å². The van der Waals surface area contributed by atoms with Crippen LogP contribution in [0.1, 0.15) is 22.4 Å². The highest BCUT2D eigenvalue weighted by Crippen LogP contribution is 2.52. The molecule has 1 aliphatic rings. The summed E-state index contributed by atoms with van der Waals surface area (Å²) in [5.74, 6) is 1.06. The first-order valence-corrected chi connectivity index (χ1v) is 9.98. The zero-order chi connectivity index (χ0) is 16.6.